The number of rotatable bonds is 2. The van der Waals surface area contributed by atoms with Crippen LogP contribution in [0.4, 0.5) is 0 Å². The van der Waals surface area contributed by atoms with Gasteiger partial charge >= 0.3 is 23.1 Å². The van der Waals surface area contributed by atoms with Gasteiger partial charge in [-0.25, -0.2) is 0 Å². The quantitative estimate of drug-likeness (QED) is 0.668. The highest BCUT2D eigenvalue weighted by Crippen LogP contribution is 1.78. The largest absolute Gasteiger partial charge is 0.317 e. The molecule has 1 aromatic rings. The van der Waals surface area contributed by atoms with Gasteiger partial charge in [0.15, 0.2) is 0 Å². The first kappa shape index (κ1) is 14.5. The van der Waals surface area contributed by atoms with Crippen molar-refractivity contribution in [3.8, 4) is 0 Å². The molecule has 2 heteroatoms. The van der Waals surface area contributed by atoms with Crippen LogP contribution >= 0.6 is 0 Å². The number of hydrogen-bond acceptors (Lipinski definition) is 1. The van der Waals surface area contributed by atoms with Gasteiger partial charge in [-0.05, 0) is 19.2 Å². The minimum absolute atomic E-state index is 0. The van der Waals surface area contributed by atoms with Gasteiger partial charge in [-0.2, -0.15) is 0 Å². The lowest BCUT2D eigenvalue weighted by molar-refractivity contribution is 0.762. The van der Waals surface area contributed by atoms with E-state index in [0.717, 1.165) is 13.1 Å². The summed E-state index contributed by atoms with van der Waals surface area (Å²) in [7, 11) is 0. The molecule has 0 saturated heterocycles. The van der Waals surface area contributed by atoms with Gasteiger partial charge < -0.3 is 5.32 Å². The number of benzene rings is 1. The summed E-state index contributed by atoms with van der Waals surface area (Å²) < 4.78 is 0. The monoisotopic (exact) mass is 176 g/mol. The third-order valence-electron chi connectivity index (χ3n) is 1.11. The van der Waals surface area contributed by atoms with Crippen molar-refractivity contribution in [2.24, 2.45) is 0 Å². The summed E-state index contributed by atoms with van der Waals surface area (Å²) in [5.74, 6) is 0. The van der Waals surface area contributed by atoms with Gasteiger partial charge in [0.1, 0.15) is 0 Å². The van der Waals surface area contributed by atoms with Crippen LogP contribution in [0, 0.1) is 6.07 Å². The smallest absolute Gasteiger partial charge is 0.316 e. The lowest BCUT2D eigenvalue weighted by atomic mass is 10.4. The Morgan fingerprint density at radius 3 is 1.58 bits per heavy atom. The molecule has 12 heavy (non-hydrogen) atoms. The Kier molecular flexibility index (Phi) is 16.3. The van der Waals surface area contributed by atoms with Crippen molar-refractivity contribution in [1.82, 2.24) is 5.32 Å². The van der Waals surface area contributed by atoms with Crippen LogP contribution in [0.25, 0.3) is 0 Å². The van der Waals surface area contributed by atoms with E-state index in [1.807, 2.05) is 30.3 Å². The Morgan fingerprint density at radius 2 is 1.50 bits per heavy atom. The van der Waals surface area contributed by atoms with Crippen molar-refractivity contribution in [2.75, 3.05) is 13.1 Å². The van der Waals surface area contributed by atoms with Crippen molar-refractivity contribution < 1.29 is 0 Å². The van der Waals surface area contributed by atoms with Crippen molar-refractivity contribution in [1.29, 1.82) is 0 Å². The molecular formula is C10H18MgN. The molecule has 0 atom stereocenters. The summed E-state index contributed by atoms with van der Waals surface area (Å²) in [6.07, 6.45) is 0. The van der Waals surface area contributed by atoms with E-state index in [1.54, 1.807) is 0 Å². The molecule has 0 spiro atoms. The van der Waals surface area contributed by atoms with Crippen molar-refractivity contribution in [3.63, 3.8) is 0 Å². The van der Waals surface area contributed by atoms with Crippen LogP contribution in [0.15, 0.2) is 30.3 Å². The van der Waals surface area contributed by atoms with Crippen LogP contribution < -0.4 is 5.32 Å². The van der Waals surface area contributed by atoms with E-state index in [1.165, 1.54) is 0 Å². The average Bonchev–Trinajstić information content (AvgIpc) is 2.10. The maximum absolute atomic E-state index is 3.11. The number of nitrogens with one attached hydrogen (secondary N) is 1. The molecule has 0 aliphatic carbocycles. The fourth-order valence-corrected chi connectivity index (χ4v) is 0.592. The first-order valence-corrected chi connectivity index (χ1v) is 4.03. The van der Waals surface area contributed by atoms with Gasteiger partial charge in [0.25, 0.3) is 0 Å². The summed E-state index contributed by atoms with van der Waals surface area (Å²) in [6, 6.07) is 12.5. The van der Waals surface area contributed by atoms with E-state index in [9.17, 15) is 0 Å². The SMILES string of the molecule is CCNCC.[MgH2].[c]1ccccc1. The Morgan fingerprint density at radius 1 is 1.00 bits per heavy atom. The van der Waals surface area contributed by atoms with Gasteiger partial charge in [-0.3, -0.25) is 0 Å². The summed E-state index contributed by atoms with van der Waals surface area (Å²) in [4.78, 5) is 0. The van der Waals surface area contributed by atoms with Crippen molar-refractivity contribution in [3.05, 3.63) is 36.4 Å². The first-order chi connectivity index (χ1) is 5.41. The highest BCUT2D eigenvalue weighted by molar-refractivity contribution is 5.75. The highest BCUT2D eigenvalue weighted by atomic mass is 24.3. The summed E-state index contributed by atoms with van der Waals surface area (Å²) in [6.45, 7) is 6.39. The van der Waals surface area contributed by atoms with E-state index < -0.39 is 0 Å². The molecular weight excluding hydrogens is 158 g/mol. The molecule has 0 amide bonds. The minimum Gasteiger partial charge on any atom is -0.317 e. The Balaban J connectivity index is 0. The molecule has 1 nitrogen and oxygen atoms in total. The second kappa shape index (κ2) is 13.5. The predicted octanol–water partition coefficient (Wildman–Crippen LogP) is 1.19. The second-order valence-corrected chi connectivity index (χ2v) is 2.03. The van der Waals surface area contributed by atoms with Gasteiger partial charge in [0.2, 0.25) is 0 Å². The Hall–Kier alpha value is -0.0538. The van der Waals surface area contributed by atoms with Crippen LogP contribution in [-0.2, 0) is 0 Å². The third-order valence-corrected chi connectivity index (χ3v) is 1.11. The summed E-state index contributed by atoms with van der Waals surface area (Å²) in [5.41, 5.74) is 0. The number of hydrogen-bond donors (Lipinski definition) is 1. The van der Waals surface area contributed by atoms with Crippen molar-refractivity contribution in [2.45, 2.75) is 13.8 Å². The van der Waals surface area contributed by atoms with Gasteiger partial charge in [0, 0.05) is 0 Å². The lowest BCUT2D eigenvalue weighted by Gasteiger charge is -1.86. The van der Waals surface area contributed by atoms with Crippen LogP contribution in [0.2, 0.25) is 0 Å². The predicted molar refractivity (Wildman–Crippen MR) is 58.0 cm³/mol. The van der Waals surface area contributed by atoms with E-state index >= 15 is 0 Å². The zero-order chi connectivity index (χ0) is 8.36. The van der Waals surface area contributed by atoms with Crippen LogP contribution in [0.5, 0.6) is 0 Å². The Bertz CT molecular complexity index is 113. The zero-order valence-corrected chi connectivity index (χ0v) is 7.30. The average molecular weight is 177 g/mol. The third kappa shape index (κ3) is 12.6. The van der Waals surface area contributed by atoms with E-state index in [-0.39, 0.29) is 23.1 Å². The molecule has 0 aliphatic heterocycles. The molecule has 0 aliphatic rings. The standard InChI is InChI=1S/C6H5.C4H11N.Mg.2H/c1-2-4-6-5-3-1;1-3-5-4-2;;;/h1-5H;5H,3-4H2,1-2H3;;;. The maximum atomic E-state index is 3.11. The molecule has 1 radical (unpaired) electrons. The van der Waals surface area contributed by atoms with Crippen LogP contribution in [0.1, 0.15) is 13.8 Å². The van der Waals surface area contributed by atoms with Gasteiger partial charge in [-0.1, -0.05) is 44.2 Å². The van der Waals surface area contributed by atoms with Crippen LogP contribution in [-0.4, -0.2) is 36.1 Å². The zero-order valence-electron chi connectivity index (χ0n) is 7.30. The molecule has 1 aromatic carbocycles. The normalized spacial score (nSPS) is 7.50. The molecule has 0 saturated carbocycles. The first-order valence-electron chi connectivity index (χ1n) is 4.03. The van der Waals surface area contributed by atoms with Gasteiger partial charge in [0.05, 0.1) is 0 Å². The van der Waals surface area contributed by atoms with Gasteiger partial charge in [-0.15, -0.1) is 0 Å². The molecule has 1 N–H and O–H groups in total. The molecule has 0 aromatic heterocycles. The molecule has 0 heterocycles. The molecule has 0 fully saturated rings. The second-order valence-electron chi connectivity index (χ2n) is 2.03. The topological polar surface area (TPSA) is 12.0 Å². The van der Waals surface area contributed by atoms with E-state index in [4.69, 9.17) is 0 Å². The summed E-state index contributed by atoms with van der Waals surface area (Å²) >= 11 is 0. The fraction of sp³-hybridized carbons (Fsp3) is 0.400. The molecule has 0 unspecified atom stereocenters. The minimum atomic E-state index is 0. The Labute approximate surface area is 91.7 Å². The van der Waals surface area contributed by atoms with Crippen LogP contribution in [0.3, 0.4) is 0 Å². The van der Waals surface area contributed by atoms with Crippen molar-refractivity contribution >= 4 is 23.1 Å². The fourth-order valence-electron chi connectivity index (χ4n) is 0.592. The molecule has 1 rings (SSSR count). The maximum Gasteiger partial charge on any atom is 0.316 e. The lowest BCUT2D eigenvalue weighted by Crippen LogP contribution is -2.09. The van der Waals surface area contributed by atoms with E-state index in [2.05, 4.69) is 25.2 Å². The summed E-state index contributed by atoms with van der Waals surface area (Å²) in [5, 5.41) is 3.11. The highest BCUT2D eigenvalue weighted by Gasteiger charge is 1.62. The molecule has 65 valence electrons. The van der Waals surface area contributed by atoms with E-state index in [0.29, 0.717) is 0 Å². The molecule has 0 bridgehead atoms.